The second-order valence-corrected chi connectivity index (χ2v) is 7.95. The van der Waals surface area contributed by atoms with Crippen molar-refractivity contribution in [1.29, 1.82) is 0 Å². The lowest BCUT2D eigenvalue weighted by Gasteiger charge is -2.11. The van der Waals surface area contributed by atoms with Crippen molar-refractivity contribution in [3.8, 4) is 0 Å². The number of carbonyl (C=O) groups excluding carboxylic acids is 1. The molecular weight excluding hydrogens is 392 g/mol. The normalized spacial score (nSPS) is 14.0. The number of benzene rings is 4. The van der Waals surface area contributed by atoms with Crippen LogP contribution < -0.4 is 0 Å². The summed E-state index contributed by atoms with van der Waals surface area (Å²) in [6.07, 6.45) is 2.12. The SMILES string of the molecule is C=C(C)C1=C(OC(=O)c2ccc3ccccc3c2)c2ccccc2/C1=C\c1ccccc1. The third-order valence-corrected chi connectivity index (χ3v) is 5.68. The number of hydrogen-bond donors (Lipinski definition) is 0. The maximum Gasteiger partial charge on any atom is 0.343 e. The number of hydrogen-bond acceptors (Lipinski definition) is 2. The Balaban J connectivity index is 1.60. The minimum absolute atomic E-state index is 0.375. The number of fused-ring (bicyclic) bond motifs is 2. The molecule has 2 nitrogen and oxygen atoms in total. The number of ether oxygens (including phenoxy) is 1. The zero-order valence-corrected chi connectivity index (χ0v) is 17.8. The average Bonchev–Trinajstić information content (AvgIpc) is 3.12. The molecule has 4 aromatic carbocycles. The summed E-state index contributed by atoms with van der Waals surface area (Å²) in [5.41, 5.74) is 6.28. The van der Waals surface area contributed by atoms with Gasteiger partial charge in [0, 0.05) is 11.1 Å². The van der Waals surface area contributed by atoms with Crippen LogP contribution >= 0.6 is 0 Å². The van der Waals surface area contributed by atoms with Crippen molar-refractivity contribution in [2.24, 2.45) is 0 Å². The highest BCUT2D eigenvalue weighted by atomic mass is 16.5. The standard InChI is InChI=1S/C30H22O2/c1-20(2)28-27(18-21-10-4-3-5-11-21)25-14-8-9-15-26(25)29(28)32-30(31)24-17-16-22-12-6-7-13-23(22)19-24/h3-19H,1H2,2H3/b27-18+. The first-order valence-electron chi connectivity index (χ1n) is 10.6. The van der Waals surface area contributed by atoms with Crippen LogP contribution in [-0.4, -0.2) is 5.97 Å². The van der Waals surface area contributed by atoms with Gasteiger partial charge in [0.05, 0.1) is 5.56 Å². The molecule has 0 saturated carbocycles. The van der Waals surface area contributed by atoms with Gasteiger partial charge in [0.2, 0.25) is 0 Å². The highest BCUT2D eigenvalue weighted by Gasteiger charge is 2.30. The van der Waals surface area contributed by atoms with Crippen LogP contribution in [0.25, 0.3) is 28.2 Å². The first-order chi connectivity index (χ1) is 15.6. The predicted molar refractivity (Wildman–Crippen MR) is 132 cm³/mol. The Bertz CT molecular complexity index is 1420. The molecular formula is C30H22O2. The lowest BCUT2D eigenvalue weighted by Crippen LogP contribution is -2.05. The minimum atomic E-state index is -0.375. The average molecular weight is 415 g/mol. The number of esters is 1. The Hall–Kier alpha value is -4.17. The van der Waals surface area contributed by atoms with Gasteiger partial charge in [-0.05, 0) is 58.2 Å². The lowest BCUT2D eigenvalue weighted by atomic mass is 9.97. The zero-order chi connectivity index (χ0) is 22.1. The second kappa shape index (κ2) is 8.16. The smallest absolute Gasteiger partial charge is 0.343 e. The topological polar surface area (TPSA) is 26.3 Å². The second-order valence-electron chi connectivity index (χ2n) is 7.95. The van der Waals surface area contributed by atoms with E-state index in [0.717, 1.165) is 44.2 Å². The molecule has 0 aliphatic heterocycles. The monoisotopic (exact) mass is 414 g/mol. The third kappa shape index (κ3) is 3.57. The molecule has 0 atom stereocenters. The maximum absolute atomic E-state index is 13.2. The third-order valence-electron chi connectivity index (χ3n) is 5.68. The molecule has 154 valence electrons. The molecule has 0 unspecified atom stereocenters. The first-order valence-corrected chi connectivity index (χ1v) is 10.6. The van der Waals surface area contributed by atoms with E-state index < -0.39 is 0 Å². The van der Waals surface area contributed by atoms with E-state index in [1.165, 1.54) is 0 Å². The summed E-state index contributed by atoms with van der Waals surface area (Å²) in [6, 6.07) is 31.8. The van der Waals surface area contributed by atoms with Crippen LogP contribution in [0.1, 0.15) is 34.0 Å². The largest absolute Gasteiger partial charge is 0.422 e. The number of carbonyl (C=O) groups is 1. The van der Waals surface area contributed by atoms with Gasteiger partial charge in [-0.2, -0.15) is 0 Å². The highest BCUT2D eigenvalue weighted by Crippen LogP contribution is 2.45. The molecule has 2 heteroatoms. The van der Waals surface area contributed by atoms with Gasteiger partial charge in [-0.3, -0.25) is 0 Å². The molecule has 0 aromatic heterocycles. The van der Waals surface area contributed by atoms with E-state index >= 15 is 0 Å². The van der Waals surface area contributed by atoms with Crippen molar-refractivity contribution in [3.05, 3.63) is 137 Å². The van der Waals surface area contributed by atoms with Gasteiger partial charge in [0.15, 0.2) is 0 Å². The summed E-state index contributed by atoms with van der Waals surface area (Å²) >= 11 is 0. The first kappa shape index (κ1) is 19.8. The summed E-state index contributed by atoms with van der Waals surface area (Å²) in [4.78, 5) is 13.2. The van der Waals surface area contributed by atoms with Crippen molar-refractivity contribution in [1.82, 2.24) is 0 Å². The molecule has 1 aliphatic carbocycles. The van der Waals surface area contributed by atoms with Crippen molar-refractivity contribution >= 4 is 34.2 Å². The van der Waals surface area contributed by atoms with Crippen LogP contribution in [0.3, 0.4) is 0 Å². The van der Waals surface area contributed by atoms with Gasteiger partial charge in [-0.15, -0.1) is 0 Å². The number of allylic oxidation sites excluding steroid dienone is 3. The molecule has 0 N–H and O–H groups in total. The van der Waals surface area contributed by atoms with Gasteiger partial charge < -0.3 is 4.74 Å². The molecule has 0 heterocycles. The van der Waals surface area contributed by atoms with Gasteiger partial charge in [-0.25, -0.2) is 4.79 Å². The van der Waals surface area contributed by atoms with E-state index in [2.05, 4.69) is 30.9 Å². The molecule has 1 aliphatic rings. The summed E-state index contributed by atoms with van der Waals surface area (Å²) in [6.45, 7) is 6.14. The van der Waals surface area contributed by atoms with Crippen LogP contribution in [-0.2, 0) is 4.74 Å². The van der Waals surface area contributed by atoms with Crippen LogP contribution in [0.5, 0.6) is 0 Å². The Kier molecular flexibility index (Phi) is 5.04. The van der Waals surface area contributed by atoms with E-state index in [-0.39, 0.29) is 5.97 Å². The Morgan fingerprint density at radius 3 is 2.19 bits per heavy atom. The predicted octanol–water partition coefficient (Wildman–Crippen LogP) is 7.54. The van der Waals surface area contributed by atoms with Crippen LogP contribution in [0.4, 0.5) is 0 Å². The maximum atomic E-state index is 13.2. The van der Waals surface area contributed by atoms with Gasteiger partial charge in [0.25, 0.3) is 0 Å². The Morgan fingerprint density at radius 1 is 0.781 bits per heavy atom. The van der Waals surface area contributed by atoms with Crippen LogP contribution in [0, 0.1) is 0 Å². The fraction of sp³-hybridized carbons (Fsp3) is 0.0333. The molecule has 0 spiro atoms. The molecule has 5 rings (SSSR count). The summed E-state index contributed by atoms with van der Waals surface area (Å²) < 4.78 is 6.05. The van der Waals surface area contributed by atoms with Crippen LogP contribution in [0.2, 0.25) is 0 Å². The Labute approximate surface area is 187 Å². The Morgan fingerprint density at radius 2 is 1.44 bits per heavy atom. The van der Waals surface area contributed by atoms with E-state index in [4.69, 9.17) is 4.74 Å². The van der Waals surface area contributed by atoms with Crippen molar-refractivity contribution in [2.45, 2.75) is 6.92 Å². The fourth-order valence-corrected chi connectivity index (χ4v) is 4.17. The van der Waals surface area contributed by atoms with E-state index in [1.807, 2.05) is 85.8 Å². The van der Waals surface area contributed by atoms with E-state index in [9.17, 15) is 4.79 Å². The molecule has 0 saturated heterocycles. The van der Waals surface area contributed by atoms with Crippen molar-refractivity contribution < 1.29 is 9.53 Å². The molecule has 32 heavy (non-hydrogen) atoms. The molecule has 0 bridgehead atoms. The van der Waals surface area contributed by atoms with Gasteiger partial charge in [-0.1, -0.05) is 91.5 Å². The molecule has 4 aromatic rings. The summed E-state index contributed by atoms with van der Waals surface area (Å²) in [7, 11) is 0. The lowest BCUT2D eigenvalue weighted by molar-refractivity contribution is 0.0692. The molecule has 0 fully saturated rings. The summed E-state index contributed by atoms with van der Waals surface area (Å²) in [5.74, 6) is 0.189. The number of rotatable bonds is 4. The van der Waals surface area contributed by atoms with Crippen molar-refractivity contribution in [2.75, 3.05) is 0 Å². The molecule has 0 radical (unpaired) electrons. The fourth-order valence-electron chi connectivity index (χ4n) is 4.17. The van der Waals surface area contributed by atoms with Crippen LogP contribution in [0.15, 0.2) is 115 Å². The summed E-state index contributed by atoms with van der Waals surface area (Å²) in [5, 5.41) is 2.10. The van der Waals surface area contributed by atoms with E-state index in [1.54, 1.807) is 0 Å². The highest BCUT2D eigenvalue weighted by molar-refractivity contribution is 6.09. The quantitative estimate of drug-likeness (QED) is 0.322. The van der Waals surface area contributed by atoms with E-state index in [0.29, 0.717) is 11.3 Å². The van der Waals surface area contributed by atoms with Gasteiger partial charge in [0.1, 0.15) is 5.76 Å². The zero-order valence-electron chi connectivity index (χ0n) is 17.8. The van der Waals surface area contributed by atoms with Crippen molar-refractivity contribution in [3.63, 3.8) is 0 Å². The molecule has 0 amide bonds. The van der Waals surface area contributed by atoms with Gasteiger partial charge >= 0.3 is 5.97 Å². The minimum Gasteiger partial charge on any atom is -0.422 e.